The van der Waals surface area contributed by atoms with Gasteiger partial charge in [0.15, 0.2) is 0 Å². The summed E-state index contributed by atoms with van der Waals surface area (Å²) in [5, 5.41) is 0. The van der Waals surface area contributed by atoms with Gasteiger partial charge in [-0.2, -0.15) is 0 Å². The van der Waals surface area contributed by atoms with E-state index in [0.717, 1.165) is 5.56 Å². The van der Waals surface area contributed by atoms with Crippen molar-refractivity contribution in [3.05, 3.63) is 33.9 Å². The largest absolute Gasteiger partial charge is 0.206 e. The average Bonchev–Trinajstić information content (AvgIpc) is 2.13. The Balaban J connectivity index is 3.66. The Morgan fingerprint density at radius 1 is 0.688 bits per heavy atom. The predicted octanol–water partition coefficient (Wildman–Crippen LogP) is 4.83. The Hall–Kier alpha value is -0.920. The molecule has 0 aliphatic rings. The summed E-state index contributed by atoms with van der Waals surface area (Å²) in [7, 11) is 0. The van der Waals surface area contributed by atoms with Crippen molar-refractivity contribution in [3.63, 3.8) is 0 Å². The van der Waals surface area contributed by atoms with E-state index in [9.17, 15) is 8.78 Å². The van der Waals surface area contributed by atoms with Crippen LogP contribution in [-0.4, -0.2) is 0 Å². The van der Waals surface area contributed by atoms with Crippen LogP contribution >= 0.6 is 0 Å². The van der Waals surface area contributed by atoms with Gasteiger partial charge in [0.2, 0.25) is 0 Å². The van der Waals surface area contributed by atoms with E-state index >= 15 is 0 Å². The van der Waals surface area contributed by atoms with Gasteiger partial charge in [0.1, 0.15) is 11.6 Å². The van der Waals surface area contributed by atoms with Crippen molar-refractivity contribution in [1.82, 2.24) is 0 Å². The van der Waals surface area contributed by atoms with Crippen LogP contribution < -0.4 is 0 Å². The molecule has 0 amide bonds. The molecule has 0 fully saturated rings. The summed E-state index contributed by atoms with van der Waals surface area (Å²) in [6.45, 7) is 11.1. The minimum absolute atomic E-state index is 0.0804. The Morgan fingerprint density at radius 2 is 1.00 bits per heavy atom. The van der Waals surface area contributed by atoms with E-state index < -0.39 is 0 Å². The molecule has 0 bridgehead atoms. The number of halogens is 2. The van der Waals surface area contributed by atoms with Crippen molar-refractivity contribution in [1.29, 1.82) is 0 Å². The van der Waals surface area contributed by atoms with Gasteiger partial charge < -0.3 is 0 Å². The topological polar surface area (TPSA) is 0 Å². The second kappa shape index (κ2) is 4.52. The quantitative estimate of drug-likeness (QED) is 0.677. The third kappa shape index (κ3) is 1.98. The lowest BCUT2D eigenvalue weighted by molar-refractivity contribution is 0.532. The highest BCUT2D eigenvalue weighted by Crippen LogP contribution is 2.33. The third-order valence-corrected chi connectivity index (χ3v) is 3.09. The van der Waals surface area contributed by atoms with E-state index in [1.165, 1.54) is 6.92 Å². The summed E-state index contributed by atoms with van der Waals surface area (Å²) < 4.78 is 28.0. The van der Waals surface area contributed by atoms with E-state index in [-0.39, 0.29) is 29.0 Å². The molecule has 0 atom stereocenters. The summed E-state index contributed by atoms with van der Waals surface area (Å²) in [5.41, 5.74) is 2.23. The highest BCUT2D eigenvalue weighted by Gasteiger charge is 2.22. The van der Waals surface area contributed by atoms with Crippen molar-refractivity contribution in [2.24, 2.45) is 0 Å². The molecule has 0 spiro atoms. The van der Waals surface area contributed by atoms with Gasteiger partial charge in [-0.1, -0.05) is 27.7 Å². The molecule has 0 aromatic heterocycles. The SMILES string of the molecule is Cc1c(F)c(C(C)C)c(C)c(C(C)C)c1F. The molecule has 1 aromatic rings. The van der Waals surface area contributed by atoms with Gasteiger partial charge >= 0.3 is 0 Å². The minimum atomic E-state index is -0.380. The van der Waals surface area contributed by atoms with Gasteiger partial charge in [0, 0.05) is 5.56 Å². The molecule has 0 heterocycles. The van der Waals surface area contributed by atoms with Crippen LogP contribution in [0.3, 0.4) is 0 Å². The maximum atomic E-state index is 14.0. The van der Waals surface area contributed by atoms with Gasteiger partial charge in [0.05, 0.1) is 0 Å². The molecule has 0 aliphatic heterocycles. The average molecular weight is 226 g/mol. The molecule has 0 nitrogen and oxygen atoms in total. The molecular weight excluding hydrogens is 206 g/mol. The summed E-state index contributed by atoms with van der Waals surface area (Å²) >= 11 is 0. The van der Waals surface area contributed by atoms with E-state index in [1.54, 1.807) is 0 Å². The molecule has 0 saturated heterocycles. The van der Waals surface area contributed by atoms with Crippen LogP contribution in [0.15, 0.2) is 0 Å². The van der Waals surface area contributed by atoms with Crippen LogP contribution in [0.5, 0.6) is 0 Å². The van der Waals surface area contributed by atoms with E-state index in [4.69, 9.17) is 0 Å². The molecule has 2 heteroatoms. The van der Waals surface area contributed by atoms with E-state index in [2.05, 4.69) is 0 Å². The number of hydrogen-bond acceptors (Lipinski definition) is 0. The summed E-state index contributed by atoms with van der Waals surface area (Å²) in [4.78, 5) is 0. The molecule has 0 radical (unpaired) electrons. The fourth-order valence-electron chi connectivity index (χ4n) is 2.35. The highest BCUT2D eigenvalue weighted by molar-refractivity contribution is 5.43. The lowest BCUT2D eigenvalue weighted by Crippen LogP contribution is -2.09. The van der Waals surface area contributed by atoms with Crippen LogP contribution in [-0.2, 0) is 0 Å². The summed E-state index contributed by atoms with van der Waals surface area (Å²) in [5.74, 6) is -0.600. The molecule has 0 N–H and O–H groups in total. The molecular formula is C14H20F2. The fourth-order valence-corrected chi connectivity index (χ4v) is 2.35. The van der Waals surface area contributed by atoms with Crippen LogP contribution in [0, 0.1) is 25.5 Å². The zero-order chi connectivity index (χ0) is 12.6. The molecule has 90 valence electrons. The minimum Gasteiger partial charge on any atom is -0.206 e. The first-order valence-electron chi connectivity index (χ1n) is 5.76. The lowest BCUT2D eigenvalue weighted by atomic mass is 9.86. The molecule has 1 aromatic carbocycles. The zero-order valence-corrected chi connectivity index (χ0v) is 10.9. The van der Waals surface area contributed by atoms with Crippen LogP contribution in [0.25, 0.3) is 0 Å². The van der Waals surface area contributed by atoms with Gasteiger partial charge in [-0.3, -0.25) is 0 Å². The fraction of sp³-hybridized carbons (Fsp3) is 0.571. The standard InChI is InChI=1S/C14H20F2/c1-7(2)11-9(5)12(8(3)4)14(16)10(6)13(11)15/h7-8H,1-6H3. The van der Waals surface area contributed by atoms with E-state index in [1.807, 2.05) is 34.6 Å². The predicted molar refractivity (Wildman–Crippen MR) is 64.0 cm³/mol. The monoisotopic (exact) mass is 226 g/mol. The third-order valence-electron chi connectivity index (χ3n) is 3.09. The summed E-state index contributed by atoms with van der Waals surface area (Å²) in [6.07, 6.45) is 0. The van der Waals surface area contributed by atoms with Gasteiger partial charge in [0.25, 0.3) is 0 Å². The molecule has 16 heavy (non-hydrogen) atoms. The van der Waals surface area contributed by atoms with Gasteiger partial charge in [-0.15, -0.1) is 0 Å². The lowest BCUT2D eigenvalue weighted by Gasteiger charge is -2.20. The highest BCUT2D eigenvalue weighted by atomic mass is 19.1. The first-order chi connectivity index (χ1) is 7.29. The Kier molecular flexibility index (Phi) is 3.72. The molecule has 0 unspecified atom stereocenters. The van der Waals surface area contributed by atoms with Crippen molar-refractivity contribution in [2.45, 2.75) is 53.4 Å². The molecule has 0 saturated carbocycles. The zero-order valence-electron chi connectivity index (χ0n) is 10.9. The first kappa shape index (κ1) is 13.1. The number of rotatable bonds is 2. The van der Waals surface area contributed by atoms with Crippen LogP contribution in [0.2, 0.25) is 0 Å². The normalized spacial score (nSPS) is 11.6. The second-order valence-corrected chi connectivity index (χ2v) is 5.01. The number of hydrogen-bond donors (Lipinski definition) is 0. The Bertz CT molecular complexity index is 369. The maximum absolute atomic E-state index is 14.0. The second-order valence-electron chi connectivity index (χ2n) is 5.01. The van der Waals surface area contributed by atoms with Crippen molar-refractivity contribution < 1.29 is 8.78 Å². The van der Waals surface area contributed by atoms with Gasteiger partial charge in [-0.05, 0) is 42.4 Å². The smallest absolute Gasteiger partial charge is 0.132 e. The van der Waals surface area contributed by atoms with Crippen LogP contribution in [0.1, 0.15) is 61.8 Å². The van der Waals surface area contributed by atoms with Crippen molar-refractivity contribution >= 4 is 0 Å². The first-order valence-corrected chi connectivity index (χ1v) is 5.76. The van der Waals surface area contributed by atoms with E-state index in [0.29, 0.717) is 11.1 Å². The maximum Gasteiger partial charge on any atom is 0.132 e. The van der Waals surface area contributed by atoms with Crippen molar-refractivity contribution in [2.75, 3.05) is 0 Å². The van der Waals surface area contributed by atoms with Crippen LogP contribution in [0.4, 0.5) is 8.78 Å². The van der Waals surface area contributed by atoms with Gasteiger partial charge in [-0.25, -0.2) is 8.78 Å². The number of benzene rings is 1. The Morgan fingerprint density at radius 3 is 1.25 bits per heavy atom. The summed E-state index contributed by atoms with van der Waals surface area (Å²) in [6, 6.07) is 0. The molecule has 1 rings (SSSR count). The Labute approximate surface area is 96.7 Å². The molecule has 0 aliphatic carbocycles. The van der Waals surface area contributed by atoms with Crippen molar-refractivity contribution in [3.8, 4) is 0 Å².